The molecular formula is C24H21N3O. The van der Waals surface area contributed by atoms with Crippen molar-refractivity contribution >= 4 is 5.82 Å². The topological polar surface area (TPSA) is 39.1 Å². The van der Waals surface area contributed by atoms with Crippen molar-refractivity contribution in [2.75, 3.05) is 19.0 Å². The molecule has 28 heavy (non-hydrogen) atoms. The Balaban J connectivity index is 1.58. The zero-order chi connectivity index (χ0) is 18.9. The molecule has 0 atom stereocenters. The molecule has 4 heteroatoms. The molecule has 0 radical (unpaired) electrons. The average Bonchev–Trinajstić information content (AvgIpc) is 3.37. The molecule has 0 saturated heterocycles. The largest absolute Gasteiger partial charge is 0.494 e. The molecule has 0 unspecified atom stereocenters. The SMILES string of the molecule is COc1ccccc1-n1nc(-c2ccc(-c3ccccc3)cc2)c2c1NCC2. The molecule has 2 heterocycles. The number of nitrogens with one attached hydrogen (secondary N) is 1. The van der Waals surface area contributed by atoms with Crippen LogP contribution in [-0.2, 0) is 6.42 Å². The number of methoxy groups -OCH3 is 1. The van der Waals surface area contributed by atoms with Crippen LogP contribution in [0.3, 0.4) is 0 Å². The molecule has 4 nitrogen and oxygen atoms in total. The standard InChI is InChI=1S/C24H21N3O/c1-28-22-10-6-5-9-21(22)27-24-20(15-16-25-24)23(26-27)19-13-11-18(12-14-19)17-7-3-2-4-8-17/h2-14,25H,15-16H2,1H3. The third-order valence-electron chi connectivity index (χ3n) is 5.23. The number of aromatic nitrogens is 2. The Morgan fingerprint density at radius 2 is 1.50 bits per heavy atom. The Morgan fingerprint density at radius 1 is 0.821 bits per heavy atom. The maximum atomic E-state index is 5.55. The highest BCUT2D eigenvalue weighted by Crippen LogP contribution is 2.37. The van der Waals surface area contributed by atoms with Crippen molar-refractivity contribution in [1.82, 2.24) is 9.78 Å². The van der Waals surface area contributed by atoms with Gasteiger partial charge >= 0.3 is 0 Å². The molecule has 0 saturated carbocycles. The molecule has 0 fully saturated rings. The number of para-hydroxylation sites is 2. The summed E-state index contributed by atoms with van der Waals surface area (Å²) in [5.74, 6) is 1.87. The minimum Gasteiger partial charge on any atom is -0.494 e. The summed E-state index contributed by atoms with van der Waals surface area (Å²) in [5, 5.41) is 8.45. The first kappa shape index (κ1) is 16.6. The molecule has 4 aromatic rings. The maximum Gasteiger partial charge on any atom is 0.144 e. The molecule has 1 aromatic heterocycles. The van der Waals surface area contributed by atoms with Crippen molar-refractivity contribution in [3.8, 4) is 33.8 Å². The molecule has 0 spiro atoms. The van der Waals surface area contributed by atoms with Crippen LogP contribution in [0.25, 0.3) is 28.1 Å². The van der Waals surface area contributed by atoms with E-state index in [1.807, 2.05) is 35.0 Å². The van der Waals surface area contributed by atoms with Gasteiger partial charge < -0.3 is 10.1 Å². The number of hydrogen-bond acceptors (Lipinski definition) is 3. The molecule has 5 rings (SSSR count). The van der Waals surface area contributed by atoms with E-state index in [1.165, 1.54) is 16.7 Å². The third kappa shape index (κ3) is 2.74. The predicted octanol–water partition coefficient (Wildman–Crippen LogP) is 5.18. The van der Waals surface area contributed by atoms with Crippen LogP contribution >= 0.6 is 0 Å². The molecule has 138 valence electrons. The number of fused-ring (bicyclic) bond motifs is 1. The van der Waals surface area contributed by atoms with Crippen molar-refractivity contribution in [3.63, 3.8) is 0 Å². The normalized spacial score (nSPS) is 12.5. The summed E-state index contributed by atoms with van der Waals surface area (Å²) in [6.07, 6.45) is 0.972. The average molecular weight is 367 g/mol. The Kier molecular flexibility index (Phi) is 4.09. The second-order valence-corrected chi connectivity index (χ2v) is 6.88. The summed E-state index contributed by atoms with van der Waals surface area (Å²) < 4.78 is 7.52. The lowest BCUT2D eigenvalue weighted by molar-refractivity contribution is 0.412. The first-order valence-electron chi connectivity index (χ1n) is 9.50. The van der Waals surface area contributed by atoms with Gasteiger partial charge in [0.1, 0.15) is 17.3 Å². The Bertz CT molecular complexity index is 1110. The third-order valence-corrected chi connectivity index (χ3v) is 5.23. The first-order valence-corrected chi connectivity index (χ1v) is 9.50. The summed E-state index contributed by atoms with van der Waals surface area (Å²) in [4.78, 5) is 0. The van der Waals surface area contributed by atoms with Gasteiger partial charge in [-0.2, -0.15) is 5.10 Å². The van der Waals surface area contributed by atoms with E-state index < -0.39 is 0 Å². The van der Waals surface area contributed by atoms with Crippen LogP contribution in [0, 0.1) is 0 Å². The molecular weight excluding hydrogens is 346 g/mol. The highest BCUT2D eigenvalue weighted by atomic mass is 16.5. The Hall–Kier alpha value is -3.53. The van der Waals surface area contributed by atoms with E-state index in [0.717, 1.165) is 41.5 Å². The van der Waals surface area contributed by atoms with Crippen molar-refractivity contribution in [3.05, 3.63) is 84.4 Å². The molecule has 1 aliphatic rings. The van der Waals surface area contributed by atoms with Crippen LogP contribution in [0.1, 0.15) is 5.56 Å². The minimum atomic E-state index is 0.812. The second-order valence-electron chi connectivity index (χ2n) is 6.88. The number of rotatable bonds is 4. The van der Waals surface area contributed by atoms with Gasteiger partial charge in [-0.3, -0.25) is 0 Å². The summed E-state index contributed by atoms with van der Waals surface area (Å²) >= 11 is 0. The second kappa shape index (κ2) is 6.89. The zero-order valence-electron chi connectivity index (χ0n) is 15.7. The lowest BCUT2D eigenvalue weighted by Crippen LogP contribution is -2.05. The lowest BCUT2D eigenvalue weighted by atomic mass is 10.0. The van der Waals surface area contributed by atoms with Crippen molar-refractivity contribution in [2.45, 2.75) is 6.42 Å². The summed E-state index contributed by atoms with van der Waals surface area (Å²) in [6.45, 7) is 0.928. The van der Waals surface area contributed by atoms with E-state index >= 15 is 0 Å². The van der Waals surface area contributed by atoms with Gasteiger partial charge in [0.25, 0.3) is 0 Å². The van der Waals surface area contributed by atoms with Gasteiger partial charge in [-0.15, -0.1) is 0 Å². The van der Waals surface area contributed by atoms with Gasteiger partial charge in [-0.1, -0.05) is 66.7 Å². The van der Waals surface area contributed by atoms with Crippen molar-refractivity contribution in [1.29, 1.82) is 0 Å². The van der Waals surface area contributed by atoms with E-state index in [1.54, 1.807) is 7.11 Å². The number of benzene rings is 3. The van der Waals surface area contributed by atoms with E-state index in [9.17, 15) is 0 Å². The van der Waals surface area contributed by atoms with Gasteiger partial charge in [-0.25, -0.2) is 4.68 Å². The number of ether oxygens (including phenoxy) is 1. The fraction of sp³-hybridized carbons (Fsp3) is 0.125. The van der Waals surface area contributed by atoms with Gasteiger partial charge in [-0.05, 0) is 29.7 Å². The Morgan fingerprint density at radius 3 is 2.29 bits per heavy atom. The van der Waals surface area contributed by atoms with E-state index in [4.69, 9.17) is 9.84 Å². The molecule has 1 aliphatic heterocycles. The highest BCUT2D eigenvalue weighted by Gasteiger charge is 2.25. The zero-order valence-corrected chi connectivity index (χ0v) is 15.7. The lowest BCUT2D eigenvalue weighted by Gasteiger charge is -2.10. The predicted molar refractivity (Wildman–Crippen MR) is 113 cm³/mol. The van der Waals surface area contributed by atoms with Crippen LogP contribution in [0.15, 0.2) is 78.9 Å². The number of anilines is 1. The van der Waals surface area contributed by atoms with Gasteiger partial charge in [0.2, 0.25) is 0 Å². The fourth-order valence-electron chi connectivity index (χ4n) is 3.84. The quantitative estimate of drug-likeness (QED) is 0.540. The smallest absolute Gasteiger partial charge is 0.144 e. The van der Waals surface area contributed by atoms with E-state index in [0.29, 0.717) is 0 Å². The van der Waals surface area contributed by atoms with Gasteiger partial charge in [0.15, 0.2) is 0 Å². The van der Waals surface area contributed by atoms with E-state index in [-0.39, 0.29) is 0 Å². The van der Waals surface area contributed by atoms with Gasteiger partial charge in [0, 0.05) is 17.7 Å². The molecule has 0 aliphatic carbocycles. The number of nitrogens with zero attached hydrogens (tertiary/aromatic N) is 2. The molecule has 3 aromatic carbocycles. The molecule has 1 N–H and O–H groups in total. The van der Waals surface area contributed by atoms with E-state index in [2.05, 4.69) is 53.8 Å². The summed E-state index contributed by atoms with van der Waals surface area (Å²) in [5.41, 5.74) is 6.81. The fourth-order valence-corrected chi connectivity index (χ4v) is 3.84. The van der Waals surface area contributed by atoms with Crippen molar-refractivity contribution in [2.24, 2.45) is 0 Å². The first-order chi connectivity index (χ1) is 13.8. The van der Waals surface area contributed by atoms with Crippen LogP contribution < -0.4 is 10.1 Å². The van der Waals surface area contributed by atoms with Crippen LogP contribution in [0.4, 0.5) is 5.82 Å². The summed E-state index contributed by atoms with van der Waals surface area (Å²) in [7, 11) is 1.69. The summed E-state index contributed by atoms with van der Waals surface area (Å²) in [6, 6.07) is 27.1. The van der Waals surface area contributed by atoms with Crippen LogP contribution in [0.5, 0.6) is 5.75 Å². The maximum absolute atomic E-state index is 5.55. The number of hydrogen-bond donors (Lipinski definition) is 1. The minimum absolute atomic E-state index is 0.812. The monoisotopic (exact) mass is 367 g/mol. The van der Waals surface area contributed by atoms with Crippen molar-refractivity contribution < 1.29 is 4.74 Å². The highest BCUT2D eigenvalue weighted by molar-refractivity contribution is 5.75. The van der Waals surface area contributed by atoms with Crippen LogP contribution in [-0.4, -0.2) is 23.4 Å². The molecule has 0 bridgehead atoms. The molecule has 0 amide bonds. The Labute approximate surface area is 164 Å². The van der Waals surface area contributed by atoms with Gasteiger partial charge in [0.05, 0.1) is 12.8 Å². The van der Waals surface area contributed by atoms with Crippen LogP contribution in [0.2, 0.25) is 0 Å².